The van der Waals surface area contributed by atoms with Gasteiger partial charge in [-0.05, 0) is 30.6 Å². The van der Waals surface area contributed by atoms with Crippen LogP contribution in [0.25, 0.3) is 0 Å². The first kappa shape index (κ1) is 11.7. The zero-order valence-corrected chi connectivity index (χ0v) is 10.7. The van der Waals surface area contributed by atoms with Crippen molar-refractivity contribution in [2.75, 3.05) is 19.6 Å². The number of hydrogen-bond donors (Lipinski definition) is 2. The molecule has 3 heteroatoms. The van der Waals surface area contributed by atoms with Crippen LogP contribution in [0.2, 0.25) is 0 Å². The highest BCUT2D eigenvalue weighted by molar-refractivity contribution is 5.81. The van der Waals surface area contributed by atoms with Crippen molar-refractivity contribution in [3.05, 3.63) is 0 Å². The molecule has 2 rings (SSSR count). The zero-order valence-electron chi connectivity index (χ0n) is 10.7. The molecule has 0 bridgehead atoms. The molecule has 2 aliphatic rings. The standard InChI is InChI=1S/C13H25N3/c1-11(2)9-13(5-3-4-6-13)10-16-12-14-7-8-15-12/h11H,3-10H2,1-2H3,(H2,14,15,16). The summed E-state index contributed by atoms with van der Waals surface area (Å²) in [5.41, 5.74) is 0.543. The normalized spacial score (nSPS) is 23.3. The van der Waals surface area contributed by atoms with Crippen LogP contribution in [-0.4, -0.2) is 25.6 Å². The molecule has 0 radical (unpaired) electrons. The zero-order chi connectivity index (χ0) is 11.4. The van der Waals surface area contributed by atoms with Gasteiger partial charge in [0, 0.05) is 13.1 Å². The van der Waals surface area contributed by atoms with Gasteiger partial charge in [0.15, 0.2) is 5.96 Å². The van der Waals surface area contributed by atoms with Crippen molar-refractivity contribution < 1.29 is 0 Å². The van der Waals surface area contributed by atoms with E-state index in [1.54, 1.807) is 0 Å². The predicted molar refractivity (Wildman–Crippen MR) is 68.7 cm³/mol. The lowest BCUT2D eigenvalue weighted by atomic mass is 9.78. The van der Waals surface area contributed by atoms with Crippen LogP contribution in [0, 0.1) is 11.3 Å². The lowest BCUT2D eigenvalue weighted by Gasteiger charge is -2.31. The summed E-state index contributed by atoms with van der Waals surface area (Å²) in [4.78, 5) is 4.40. The topological polar surface area (TPSA) is 36.4 Å². The van der Waals surface area contributed by atoms with E-state index in [4.69, 9.17) is 0 Å². The summed E-state index contributed by atoms with van der Waals surface area (Å²) in [6.07, 6.45) is 6.97. The average molecular weight is 223 g/mol. The molecular formula is C13H25N3. The maximum atomic E-state index is 4.40. The van der Waals surface area contributed by atoms with Crippen LogP contribution in [0.1, 0.15) is 46.0 Å². The monoisotopic (exact) mass is 223 g/mol. The van der Waals surface area contributed by atoms with Crippen molar-refractivity contribution in [1.82, 2.24) is 10.6 Å². The van der Waals surface area contributed by atoms with E-state index in [-0.39, 0.29) is 0 Å². The minimum absolute atomic E-state index is 0.543. The molecule has 1 aliphatic carbocycles. The van der Waals surface area contributed by atoms with Gasteiger partial charge in [-0.25, -0.2) is 0 Å². The molecule has 1 saturated carbocycles. The Balaban J connectivity index is 1.86. The third-order valence-electron chi connectivity index (χ3n) is 3.81. The van der Waals surface area contributed by atoms with Crippen LogP contribution < -0.4 is 10.6 Å². The van der Waals surface area contributed by atoms with Gasteiger partial charge >= 0.3 is 0 Å². The van der Waals surface area contributed by atoms with Gasteiger partial charge < -0.3 is 10.6 Å². The lowest BCUT2D eigenvalue weighted by molar-refractivity contribution is 0.235. The van der Waals surface area contributed by atoms with E-state index in [0.29, 0.717) is 5.41 Å². The molecule has 0 aromatic rings. The van der Waals surface area contributed by atoms with Crippen molar-refractivity contribution in [3.8, 4) is 0 Å². The smallest absolute Gasteiger partial charge is 0.191 e. The van der Waals surface area contributed by atoms with Crippen molar-refractivity contribution in [1.29, 1.82) is 0 Å². The first-order valence-corrected chi connectivity index (χ1v) is 6.72. The Hall–Kier alpha value is -0.730. The van der Waals surface area contributed by atoms with E-state index in [1.165, 1.54) is 32.1 Å². The maximum absolute atomic E-state index is 4.40. The molecule has 0 spiro atoms. The number of guanidine groups is 1. The number of rotatable bonds is 4. The Morgan fingerprint density at radius 3 is 2.69 bits per heavy atom. The van der Waals surface area contributed by atoms with Crippen molar-refractivity contribution in [2.24, 2.45) is 16.3 Å². The van der Waals surface area contributed by atoms with Gasteiger partial charge in [0.05, 0.1) is 6.54 Å². The quantitative estimate of drug-likeness (QED) is 0.766. The second kappa shape index (κ2) is 5.07. The Kier molecular flexibility index (Phi) is 3.72. The molecule has 16 heavy (non-hydrogen) atoms. The largest absolute Gasteiger partial charge is 0.356 e. The molecule has 0 aromatic carbocycles. The van der Waals surface area contributed by atoms with Crippen LogP contribution in [-0.2, 0) is 0 Å². The van der Waals surface area contributed by atoms with Crippen molar-refractivity contribution >= 4 is 5.96 Å². The van der Waals surface area contributed by atoms with Crippen molar-refractivity contribution in [2.45, 2.75) is 46.0 Å². The van der Waals surface area contributed by atoms with E-state index in [0.717, 1.165) is 31.5 Å². The minimum Gasteiger partial charge on any atom is -0.356 e. The van der Waals surface area contributed by atoms with Crippen LogP contribution in [0.5, 0.6) is 0 Å². The molecule has 0 saturated heterocycles. The van der Waals surface area contributed by atoms with Crippen LogP contribution in [0.4, 0.5) is 0 Å². The van der Waals surface area contributed by atoms with E-state index >= 15 is 0 Å². The summed E-state index contributed by atoms with van der Waals surface area (Å²) < 4.78 is 0. The third-order valence-corrected chi connectivity index (χ3v) is 3.81. The van der Waals surface area contributed by atoms with Gasteiger partial charge in [0.25, 0.3) is 0 Å². The van der Waals surface area contributed by atoms with E-state index in [2.05, 4.69) is 29.5 Å². The maximum Gasteiger partial charge on any atom is 0.191 e. The van der Waals surface area contributed by atoms with Gasteiger partial charge in [-0.2, -0.15) is 0 Å². The number of nitrogens with one attached hydrogen (secondary N) is 2. The summed E-state index contributed by atoms with van der Waals surface area (Å²) in [6, 6.07) is 0. The first-order valence-electron chi connectivity index (χ1n) is 6.72. The summed E-state index contributed by atoms with van der Waals surface area (Å²) in [7, 11) is 0. The highest BCUT2D eigenvalue weighted by Gasteiger charge is 2.34. The van der Waals surface area contributed by atoms with Gasteiger partial charge in [-0.15, -0.1) is 0 Å². The minimum atomic E-state index is 0.543. The Bertz CT molecular complexity index is 252. The average Bonchev–Trinajstić information content (AvgIpc) is 2.84. The van der Waals surface area contributed by atoms with Crippen LogP contribution in [0.3, 0.4) is 0 Å². The molecule has 0 aromatic heterocycles. The molecule has 3 nitrogen and oxygen atoms in total. The van der Waals surface area contributed by atoms with Gasteiger partial charge in [0.1, 0.15) is 0 Å². The van der Waals surface area contributed by atoms with Crippen LogP contribution in [0.15, 0.2) is 4.99 Å². The highest BCUT2D eigenvalue weighted by Crippen LogP contribution is 2.42. The SMILES string of the molecule is CC(C)CC1(CNC2=NCCN2)CCCC1. The fourth-order valence-electron chi connectivity index (χ4n) is 3.23. The molecule has 0 atom stereocenters. The van der Waals surface area contributed by atoms with Crippen molar-refractivity contribution in [3.63, 3.8) is 0 Å². The van der Waals surface area contributed by atoms with E-state index in [1.807, 2.05) is 0 Å². The van der Waals surface area contributed by atoms with Gasteiger partial charge in [-0.1, -0.05) is 26.7 Å². The molecule has 0 unspecified atom stereocenters. The molecule has 2 N–H and O–H groups in total. The van der Waals surface area contributed by atoms with Gasteiger partial charge in [0.2, 0.25) is 0 Å². The van der Waals surface area contributed by atoms with E-state index < -0.39 is 0 Å². The van der Waals surface area contributed by atoms with E-state index in [9.17, 15) is 0 Å². The molecule has 1 aliphatic heterocycles. The predicted octanol–water partition coefficient (Wildman–Crippen LogP) is 2.14. The first-order chi connectivity index (χ1) is 7.70. The lowest BCUT2D eigenvalue weighted by Crippen LogP contribution is -2.41. The Morgan fingerprint density at radius 2 is 2.12 bits per heavy atom. The fourth-order valence-corrected chi connectivity index (χ4v) is 3.23. The second-order valence-corrected chi connectivity index (χ2v) is 5.82. The summed E-state index contributed by atoms with van der Waals surface area (Å²) in [5.74, 6) is 1.83. The third kappa shape index (κ3) is 2.89. The molecule has 92 valence electrons. The fraction of sp³-hybridized carbons (Fsp3) is 0.923. The number of nitrogens with zero attached hydrogens (tertiary/aromatic N) is 1. The highest BCUT2D eigenvalue weighted by atomic mass is 15.2. The summed E-state index contributed by atoms with van der Waals surface area (Å²) in [6.45, 7) is 7.72. The Labute approximate surface area is 99.1 Å². The summed E-state index contributed by atoms with van der Waals surface area (Å²) >= 11 is 0. The van der Waals surface area contributed by atoms with Crippen LogP contribution >= 0.6 is 0 Å². The molecule has 0 amide bonds. The molecule has 1 heterocycles. The second-order valence-electron chi connectivity index (χ2n) is 5.82. The summed E-state index contributed by atoms with van der Waals surface area (Å²) in [5, 5.41) is 6.80. The molecular weight excluding hydrogens is 198 g/mol. The molecule has 1 fully saturated rings. The number of aliphatic imine (C=N–C) groups is 1. The van der Waals surface area contributed by atoms with Gasteiger partial charge in [-0.3, -0.25) is 4.99 Å². The number of hydrogen-bond acceptors (Lipinski definition) is 3. The Morgan fingerprint density at radius 1 is 1.38 bits per heavy atom.